The summed E-state index contributed by atoms with van der Waals surface area (Å²) < 4.78 is 11.2. The quantitative estimate of drug-likeness (QED) is 0.821. The molecule has 2 heterocycles. The minimum absolute atomic E-state index is 0.0365. The van der Waals surface area contributed by atoms with Crippen LogP contribution in [0.25, 0.3) is 0 Å². The molecule has 0 radical (unpaired) electrons. The minimum Gasteiger partial charge on any atom is -0.474 e. The van der Waals surface area contributed by atoms with E-state index in [0.29, 0.717) is 12.4 Å². The van der Waals surface area contributed by atoms with Crippen LogP contribution in [0.5, 0.6) is 5.88 Å². The summed E-state index contributed by atoms with van der Waals surface area (Å²) in [6.07, 6.45) is 6.44. The van der Waals surface area contributed by atoms with Crippen LogP contribution in [0.15, 0.2) is 30.0 Å². The maximum absolute atomic E-state index is 11.9. The number of hydrogen-bond acceptors (Lipinski definition) is 4. The number of nitrogens with zero attached hydrogens (tertiary/aromatic N) is 1. The first-order valence-electron chi connectivity index (χ1n) is 7.83. The first-order chi connectivity index (χ1) is 10.7. The molecule has 1 aliphatic rings. The number of ether oxygens (including phenoxy) is 2. The maximum Gasteiger partial charge on any atom is 0.246 e. The van der Waals surface area contributed by atoms with Crippen molar-refractivity contribution in [3.05, 3.63) is 35.5 Å². The molecule has 0 saturated carbocycles. The number of aromatic nitrogens is 1. The number of pyridine rings is 1. The van der Waals surface area contributed by atoms with Crippen LogP contribution in [0.2, 0.25) is 0 Å². The highest BCUT2D eigenvalue weighted by atomic mass is 16.5. The fraction of sp³-hybridized carbons (Fsp3) is 0.529. The molecule has 22 heavy (non-hydrogen) atoms. The zero-order valence-electron chi connectivity index (χ0n) is 13.3. The van der Waals surface area contributed by atoms with Gasteiger partial charge in [0.25, 0.3) is 0 Å². The zero-order chi connectivity index (χ0) is 15.8. The first-order valence-corrected chi connectivity index (χ1v) is 7.83. The van der Waals surface area contributed by atoms with E-state index in [1.54, 1.807) is 6.20 Å². The van der Waals surface area contributed by atoms with Crippen molar-refractivity contribution in [1.29, 1.82) is 0 Å². The van der Waals surface area contributed by atoms with Gasteiger partial charge in [-0.1, -0.05) is 13.0 Å². The summed E-state index contributed by atoms with van der Waals surface area (Å²) in [4.78, 5) is 16.1. The Morgan fingerprint density at radius 3 is 3.00 bits per heavy atom. The third kappa shape index (κ3) is 5.15. The summed E-state index contributed by atoms with van der Waals surface area (Å²) in [7, 11) is 0. The minimum atomic E-state index is -0.0365. The second kappa shape index (κ2) is 8.54. The van der Waals surface area contributed by atoms with Gasteiger partial charge in [-0.2, -0.15) is 0 Å². The molecule has 1 aromatic rings. The molecular formula is C17H24N2O3. The molecule has 0 atom stereocenters. The molecule has 1 saturated heterocycles. The number of allylic oxidation sites excluding steroid dienone is 1. The average Bonchev–Trinajstić information content (AvgIpc) is 2.54. The van der Waals surface area contributed by atoms with E-state index in [0.717, 1.165) is 43.6 Å². The predicted molar refractivity (Wildman–Crippen MR) is 84.6 cm³/mol. The van der Waals surface area contributed by atoms with E-state index in [2.05, 4.69) is 10.3 Å². The van der Waals surface area contributed by atoms with Crippen molar-refractivity contribution < 1.29 is 14.3 Å². The van der Waals surface area contributed by atoms with Crippen molar-refractivity contribution in [1.82, 2.24) is 10.3 Å². The summed E-state index contributed by atoms with van der Waals surface area (Å²) in [5, 5.41) is 2.90. The molecule has 0 aliphatic carbocycles. The van der Waals surface area contributed by atoms with Crippen LogP contribution in [0.3, 0.4) is 0 Å². The number of nitrogens with one attached hydrogen (secondary N) is 1. The van der Waals surface area contributed by atoms with Crippen molar-refractivity contribution in [3.8, 4) is 5.88 Å². The Hall–Kier alpha value is -1.88. The average molecular weight is 304 g/mol. The van der Waals surface area contributed by atoms with Crippen molar-refractivity contribution in [2.45, 2.75) is 45.8 Å². The highest BCUT2D eigenvalue weighted by Crippen LogP contribution is 2.16. The summed E-state index contributed by atoms with van der Waals surface area (Å²) in [6.45, 7) is 5.79. The Bertz CT molecular complexity index is 522. The van der Waals surface area contributed by atoms with Gasteiger partial charge < -0.3 is 14.8 Å². The topological polar surface area (TPSA) is 60.5 Å². The van der Waals surface area contributed by atoms with Crippen molar-refractivity contribution >= 4 is 5.91 Å². The van der Waals surface area contributed by atoms with Gasteiger partial charge in [0.2, 0.25) is 11.8 Å². The van der Waals surface area contributed by atoms with Gasteiger partial charge in [0.05, 0.1) is 13.2 Å². The summed E-state index contributed by atoms with van der Waals surface area (Å²) in [5.74, 6) is 0.574. The molecular weight excluding hydrogens is 280 g/mol. The molecule has 1 aliphatic heterocycles. The van der Waals surface area contributed by atoms with Crippen LogP contribution in [0.4, 0.5) is 0 Å². The summed E-state index contributed by atoms with van der Waals surface area (Å²) >= 11 is 0. The summed E-state index contributed by atoms with van der Waals surface area (Å²) in [5.41, 5.74) is 1.73. The largest absolute Gasteiger partial charge is 0.474 e. The van der Waals surface area contributed by atoms with Crippen molar-refractivity contribution in [2.75, 3.05) is 13.2 Å². The molecule has 120 valence electrons. The Balaban J connectivity index is 1.88. The number of hydrogen-bond donors (Lipinski definition) is 1. The Labute approximate surface area is 131 Å². The monoisotopic (exact) mass is 304 g/mol. The van der Waals surface area contributed by atoms with E-state index in [1.165, 1.54) is 0 Å². The van der Waals surface area contributed by atoms with Gasteiger partial charge >= 0.3 is 0 Å². The Morgan fingerprint density at radius 1 is 1.50 bits per heavy atom. The van der Waals surface area contributed by atoms with E-state index in [4.69, 9.17) is 9.47 Å². The smallest absolute Gasteiger partial charge is 0.246 e. The van der Waals surface area contributed by atoms with E-state index >= 15 is 0 Å². The van der Waals surface area contributed by atoms with Crippen molar-refractivity contribution in [2.24, 2.45) is 0 Å². The van der Waals surface area contributed by atoms with E-state index in [9.17, 15) is 4.79 Å². The van der Waals surface area contributed by atoms with Crippen molar-refractivity contribution in [3.63, 3.8) is 0 Å². The highest BCUT2D eigenvalue weighted by molar-refractivity contribution is 5.92. The standard InChI is InChI=1S/C17H24N2O3/c1-3-4-13(2)17(20)19-12-14-5-8-18-16(11-14)22-15-6-9-21-10-7-15/h4-5,8,11,15H,3,6-7,9-10,12H2,1-2H3,(H,19,20)/b13-4+. The Morgan fingerprint density at radius 2 is 2.27 bits per heavy atom. The number of amides is 1. The van der Waals surface area contributed by atoms with Crippen LogP contribution < -0.4 is 10.1 Å². The van der Waals surface area contributed by atoms with Crippen LogP contribution in [0, 0.1) is 0 Å². The van der Waals surface area contributed by atoms with Gasteiger partial charge in [-0.15, -0.1) is 0 Å². The molecule has 1 aromatic heterocycles. The molecule has 1 N–H and O–H groups in total. The molecule has 1 fully saturated rings. The lowest BCUT2D eigenvalue weighted by atomic mass is 10.1. The van der Waals surface area contributed by atoms with Crippen LogP contribution in [-0.4, -0.2) is 30.2 Å². The lowest BCUT2D eigenvalue weighted by Crippen LogP contribution is -2.26. The van der Waals surface area contributed by atoms with Gasteiger partial charge in [-0.25, -0.2) is 4.98 Å². The highest BCUT2D eigenvalue weighted by Gasteiger charge is 2.15. The van der Waals surface area contributed by atoms with Crippen LogP contribution in [-0.2, 0) is 16.1 Å². The van der Waals surface area contributed by atoms with Gasteiger partial charge in [0, 0.05) is 37.2 Å². The zero-order valence-corrected chi connectivity index (χ0v) is 13.3. The number of carbonyl (C=O) groups excluding carboxylic acids is 1. The lowest BCUT2D eigenvalue weighted by molar-refractivity contribution is -0.117. The fourth-order valence-corrected chi connectivity index (χ4v) is 2.31. The van der Waals surface area contributed by atoms with Gasteiger partial charge in [-0.05, 0) is 25.0 Å². The Kier molecular flexibility index (Phi) is 6.40. The lowest BCUT2D eigenvalue weighted by Gasteiger charge is -2.22. The maximum atomic E-state index is 11.9. The second-order valence-corrected chi connectivity index (χ2v) is 5.41. The third-order valence-corrected chi connectivity index (χ3v) is 3.58. The normalized spacial score (nSPS) is 16.4. The molecule has 0 bridgehead atoms. The van der Waals surface area contributed by atoms with E-state index in [1.807, 2.05) is 32.1 Å². The summed E-state index contributed by atoms with van der Waals surface area (Å²) in [6, 6.07) is 3.77. The molecule has 5 heteroatoms. The number of carbonyl (C=O) groups is 1. The molecule has 0 aromatic carbocycles. The van der Waals surface area contributed by atoms with Gasteiger partial charge in [0.1, 0.15) is 6.10 Å². The van der Waals surface area contributed by atoms with Gasteiger partial charge in [0.15, 0.2) is 0 Å². The molecule has 1 amide bonds. The molecule has 2 rings (SSSR count). The molecule has 0 unspecified atom stereocenters. The van der Waals surface area contributed by atoms with E-state index in [-0.39, 0.29) is 12.0 Å². The number of rotatable bonds is 6. The van der Waals surface area contributed by atoms with Gasteiger partial charge in [-0.3, -0.25) is 4.79 Å². The van der Waals surface area contributed by atoms with Crippen LogP contribution in [0.1, 0.15) is 38.7 Å². The molecule has 5 nitrogen and oxygen atoms in total. The van der Waals surface area contributed by atoms with Crippen LogP contribution >= 0.6 is 0 Å². The fourth-order valence-electron chi connectivity index (χ4n) is 2.31. The second-order valence-electron chi connectivity index (χ2n) is 5.41. The third-order valence-electron chi connectivity index (χ3n) is 3.58. The van der Waals surface area contributed by atoms with E-state index < -0.39 is 0 Å². The molecule has 0 spiro atoms. The SMILES string of the molecule is CC/C=C(\C)C(=O)NCc1ccnc(OC2CCOCC2)c1. The predicted octanol–water partition coefficient (Wildman–Crippen LogP) is 2.61. The first kappa shape index (κ1) is 16.5.